The predicted octanol–water partition coefficient (Wildman–Crippen LogP) is 1.33. The van der Waals surface area contributed by atoms with E-state index in [-0.39, 0.29) is 0 Å². The summed E-state index contributed by atoms with van der Waals surface area (Å²) < 4.78 is 5.18. The Morgan fingerprint density at radius 3 is 2.87 bits per heavy atom. The fourth-order valence-electron chi connectivity index (χ4n) is 1.49. The lowest BCUT2D eigenvalue weighted by Crippen LogP contribution is -2.19. The zero-order chi connectivity index (χ0) is 11.1. The van der Waals surface area contributed by atoms with Crippen LogP contribution in [0.2, 0.25) is 0 Å². The first kappa shape index (κ1) is 11.7. The van der Waals surface area contributed by atoms with Gasteiger partial charge in [0.15, 0.2) is 0 Å². The van der Waals surface area contributed by atoms with Gasteiger partial charge in [-0.3, -0.25) is 0 Å². The minimum Gasteiger partial charge on any atom is -0.496 e. The van der Waals surface area contributed by atoms with Gasteiger partial charge in [-0.1, -0.05) is 12.1 Å². The van der Waals surface area contributed by atoms with E-state index in [4.69, 9.17) is 4.74 Å². The van der Waals surface area contributed by atoms with Gasteiger partial charge in [0.2, 0.25) is 0 Å². The van der Waals surface area contributed by atoms with Gasteiger partial charge in [-0.15, -0.1) is 0 Å². The highest BCUT2D eigenvalue weighted by Crippen LogP contribution is 2.18. The van der Waals surface area contributed by atoms with Gasteiger partial charge in [0, 0.05) is 0 Å². The molecule has 82 valence electrons. The third-order valence-corrected chi connectivity index (χ3v) is 2.28. The number of carbonyl (C=O) groups is 1. The third kappa shape index (κ3) is 3.72. The standard InChI is InChI=1S/C12H17NO2/c1-10-9-11(3-4-12(10)15-2)5-6-13-7-8-14/h3-4,8-9,13H,5-7H2,1-2H3. The fourth-order valence-corrected chi connectivity index (χ4v) is 1.49. The fraction of sp³-hybridized carbons (Fsp3) is 0.417. The van der Waals surface area contributed by atoms with Crippen LogP contribution in [0.15, 0.2) is 18.2 Å². The maximum absolute atomic E-state index is 10.1. The molecule has 0 fully saturated rings. The number of benzene rings is 1. The van der Waals surface area contributed by atoms with Crippen molar-refractivity contribution in [2.24, 2.45) is 0 Å². The number of rotatable bonds is 6. The van der Waals surface area contributed by atoms with Crippen LogP contribution in [0.3, 0.4) is 0 Å². The van der Waals surface area contributed by atoms with Gasteiger partial charge in [-0.05, 0) is 37.1 Å². The summed E-state index contributed by atoms with van der Waals surface area (Å²) in [5.74, 6) is 0.916. The van der Waals surface area contributed by atoms with Crippen LogP contribution in [-0.4, -0.2) is 26.5 Å². The van der Waals surface area contributed by atoms with Crippen molar-refractivity contribution in [2.45, 2.75) is 13.3 Å². The zero-order valence-electron chi connectivity index (χ0n) is 9.25. The van der Waals surface area contributed by atoms with E-state index in [9.17, 15) is 4.79 Å². The smallest absolute Gasteiger partial charge is 0.133 e. The van der Waals surface area contributed by atoms with Crippen molar-refractivity contribution in [1.29, 1.82) is 0 Å². The van der Waals surface area contributed by atoms with Crippen LogP contribution < -0.4 is 10.1 Å². The second-order valence-corrected chi connectivity index (χ2v) is 3.42. The van der Waals surface area contributed by atoms with Crippen LogP contribution in [-0.2, 0) is 11.2 Å². The third-order valence-electron chi connectivity index (χ3n) is 2.28. The molecule has 0 spiro atoms. The highest BCUT2D eigenvalue weighted by atomic mass is 16.5. The molecular weight excluding hydrogens is 190 g/mol. The molecule has 3 nitrogen and oxygen atoms in total. The normalized spacial score (nSPS) is 10.0. The summed E-state index contributed by atoms with van der Waals surface area (Å²) >= 11 is 0. The van der Waals surface area contributed by atoms with Gasteiger partial charge in [0.25, 0.3) is 0 Å². The molecule has 0 radical (unpaired) electrons. The number of nitrogens with one attached hydrogen (secondary N) is 1. The molecule has 0 aliphatic heterocycles. The Balaban J connectivity index is 2.48. The van der Waals surface area contributed by atoms with Crippen LogP contribution in [0.4, 0.5) is 0 Å². The van der Waals surface area contributed by atoms with Crippen molar-refractivity contribution >= 4 is 6.29 Å². The van der Waals surface area contributed by atoms with Crippen molar-refractivity contribution in [3.05, 3.63) is 29.3 Å². The molecule has 0 aliphatic rings. The van der Waals surface area contributed by atoms with E-state index < -0.39 is 0 Å². The second-order valence-electron chi connectivity index (χ2n) is 3.42. The van der Waals surface area contributed by atoms with E-state index in [0.717, 1.165) is 30.6 Å². The largest absolute Gasteiger partial charge is 0.496 e. The van der Waals surface area contributed by atoms with E-state index in [0.29, 0.717) is 6.54 Å². The minimum absolute atomic E-state index is 0.426. The molecule has 1 rings (SSSR count). The molecule has 0 amide bonds. The summed E-state index contributed by atoms with van der Waals surface area (Å²) in [7, 11) is 1.67. The monoisotopic (exact) mass is 207 g/mol. The first-order chi connectivity index (χ1) is 7.27. The Bertz CT molecular complexity index is 323. The van der Waals surface area contributed by atoms with Crippen molar-refractivity contribution in [3.63, 3.8) is 0 Å². The number of ether oxygens (including phenoxy) is 1. The van der Waals surface area contributed by atoms with E-state index in [1.165, 1.54) is 5.56 Å². The van der Waals surface area contributed by atoms with Crippen LogP contribution in [0.5, 0.6) is 5.75 Å². The first-order valence-corrected chi connectivity index (χ1v) is 5.06. The molecule has 3 heteroatoms. The average molecular weight is 207 g/mol. The summed E-state index contributed by atoms with van der Waals surface area (Å²) in [6.07, 6.45) is 1.80. The number of aldehydes is 1. The molecule has 0 aliphatic carbocycles. The van der Waals surface area contributed by atoms with E-state index in [1.54, 1.807) is 7.11 Å². The van der Waals surface area contributed by atoms with Gasteiger partial charge in [-0.25, -0.2) is 0 Å². The molecule has 15 heavy (non-hydrogen) atoms. The average Bonchev–Trinajstić information content (AvgIpc) is 2.25. The molecule has 0 saturated heterocycles. The van der Waals surface area contributed by atoms with Gasteiger partial charge in [0.05, 0.1) is 13.7 Å². The number of hydrogen-bond donors (Lipinski definition) is 1. The summed E-state index contributed by atoms with van der Waals surface area (Å²) in [5.41, 5.74) is 2.40. The SMILES string of the molecule is COc1ccc(CCNCC=O)cc1C. The van der Waals surface area contributed by atoms with Crippen molar-refractivity contribution < 1.29 is 9.53 Å². The molecule has 0 atom stereocenters. The van der Waals surface area contributed by atoms with Crippen molar-refractivity contribution in [2.75, 3.05) is 20.2 Å². The maximum atomic E-state index is 10.1. The zero-order valence-corrected chi connectivity index (χ0v) is 9.25. The highest BCUT2D eigenvalue weighted by molar-refractivity contribution is 5.51. The lowest BCUT2D eigenvalue weighted by molar-refractivity contribution is -0.107. The molecular formula is C12H17NO2. The first-order valence-electron chi connectivity index (χ1n) is 5.06. The molecule has 0 aromatic heterocycles. The molecule has 0 bridgehead atoms. The van der Waals surface area contributed by atoms with Crippen LogP contribution in [0, 0.1) is 6.92 Å². The summed E-state index contributed by atoms with van der Waals surface area (Å²) in [6, 6.07) is 6.14. The Labute approximate surface area is 90.4 Å². The Morgan fingerprint density at radius 2 is 2.27 bits per heavy atom. The molecule has 0 saturated carbocycles. The molecule has 0 heterocycles. The number of methoxy groups -OCH3 is 1. The van der Waals surface area contributed by atoms with Gasteiger partial charge >= 0.3 is 0 Å². The molecule has 1 aromatic rings. The minimum atomic E-state index is 0.426. The van der Waals surface area contributed by atoms with Gasteiger partial charge < -0.3 is 14.8 Å². The predicted molar refractivity (Wildman–Crippen MR) is 60.4 cm³/mol. The Morgan fingerprint density at radius 1 is 1.47 bits per heavy atom. The van der Waals surface area contributed by atoms with Gasteiger partial charge in [0.1, 0.15) is 12.0 Å². The van der Waals surface area contributed by atoms with E-state index in [1.807, 2.05) is 13.0 Å². The Hall–Kier alpha value is -1.35. The Kier molecular flexibility index (Phi) is 4.84. The lowest BCUT2D eigenvalue weighted by Gasteiger charge is -2.07. The highest BCUT2D eigenvalue weighted by Gasteiger charge is 1.99. The van der Waals surface area contributed by atoms with Crippen molar-refractivity contribution in [3.8, 4) is 5.75 Å². The topological polar surface area (TPSA) is 38.3 Å². The van der Waals surface area contributed by atoms with Crippen LogP contribution >= 0.6 is 0 Å². The maximum Gasteiger partial charge on any atom is 0.133 e. The molecule has 1 aromatic carbocycles. The van der Waals surface area contributed by atoms with Gasteiger partial charge in [-0.2, -0.15) is 0 Å². The van der Waals surface area contributed by atoms with E-state index in [2.05, 4.69) is 17.4 Å². The molecule has 1 N–H and O–H groups in total. The summed E-state index contributed by atoms with van der Waals surface area (Å²) in [4.78, 5) is 10.1. The van der Waals surface area contributed by atoms with Crippen molar-refractivity contribution in [1.82, 2.24) is 5.32 Å². The summed E-state index contributed by atoms with van der Waals surface area (Å²) in [5, 5.41) is 3.03. The quantitative estimate of drug-likeness (QED) is 0.565. The van der Waals surface area contributed by atoms with Crippen LogP contribution in [0.25, 0.3) is 0 Å². The second kappa shape index (κ2) is 6.19. The summed E-state index contributed by atoms with van der Waals surface area (Å²) in [6.45, 7) is 3.28. The molecule has 0 unspecified atom stereocenters. The van der Waals surface area contributed by atoms with E-state index >= 15 is 0 Å². The number of carbonyl (C=O) groups excluding carboxylic acids is 1. The lowest BCUT2D eigenvalue weighted by atomic mass is 10.1. The van der Waals surface area contributed by atoms with Crippen LogP contribution in [0.1, 0.15) is 11.1 Å². The number of aryl methyl sites for hydroxylation is 1. The number of hydrogen-bond acceptors (Lipinski definition) is 3.